The van der Waals surface area contributed by atoms with E-state index in [-0.39, 0.29) is 6.04 Å². The van der Waals surface area contributed by atoms with Crippen molar-refractivity contribution in [3.63, 3.8) is 0 Å². The fourth-order valence-corrected chi connectivity index (χ4v) is 0.537. The van der Waals surface area contributed by atoms with Crippen molar-refractivity contribution in [3.8, 4) is 0 Å². The lowest BCUT2D eigenvalue weighted by Gasteiger charge is -2.21. The molecule has 0 aliphatic rings. The van der Waals surface area contributed by atoms with Crippen molar-refractivity contribution in [1.82, 2.24) is 0 Å². The first-order valence-corrected chi connectivity index (χ1v) is 2.78. The molecule has 0 heterocycles. The van der Waals surface area contributed by atoms with E-state index in [4.69, 9.17) is 28.7 Å². The zero-order valence-corrected chi connectivity index (χ0v) is 5.38. The summed E-state index contributed by atoms with van der Waals surface area (Å²) in [5.74, 6) is -1.18. The fraction of sp³-hybridized carbons (Fsp3) is 1.00. The Morgan fingerprint density at radius 1 is 1.22 bits per heavy atom. The molecule has 0 aromatic rings. The molecule has 1 unspecified atom stereocenters. The van der Waals surface area contributed by atoms with E-state index in [0.717, 1.165) is 0 Å². The van der Waals surface area contributed by atoms with Crippen molar-refractivity contribution >= 4 is 0 Å². The normalized spacial score (nSPS) is 15.7. The minimum Gasteiger partial charge on any atom is -0.329 e. The van der Waals surface area contributed by atoms with Gasteiger partial charge >= 0.3 is 0 Å². The third kappa shape index (κ3) is 5.67. The molecule has 0 aliphatic heterocycles. The van der Waals surface area contributed by atoms with Crippen LogP contribution < -0.4 is 28.7 Å². The summed E-state index contributed by atoms with van der Waals surface area (Å²) in [5.41, 5.74) is 26.3. The van der Waals surface area contributed by atoms with Gasteiger partial charge in [0.05, 0.1) is 0 Å². The molecule has 5 nitrogen and oxygen atoms in total. The van der Waals surface area contributed by atoms with Gasteiger partial charge in [-0.25, -0.2) is 0 Å². The Morgan fingerprint density at radius 2 is 1.67 bits per heavy atom. The lowest BCUT2D eigenvalue weighted by atomic mass is 10.1. The third-order valence-electron chi connectivity index (χ3n) is 0.918. The first-order valence-electron chi connectivity index (χ1n) is 2.78. The fourth-order valence-electron chi connectivity index (χ4n) is 0.537. The van der Waals surface area contributed by atoms with E-state index >= 15 is 0 Å². The Kier molecular flexibility index (Phi) is 3.02. The minimum atomic E-state index is -1.18. The van der Waals surface area contributed by atoms with Crippen molar-refractivity contribution in [2.45, 2.75) is 18.2 Å². The predicted molar refractivity (Wildman–Crippen MR) is 36.9 cm³/mol. The largest absolute Gasteiger partial charge is 0.329 e. The molecule has 0 aliphatic carbocycles. The van der Waals surface area contributed by atoms with Gasteiger partial charge in [0, 0.05) is 19.0 Å². The second-order valence-corrected chi connectivity index (χ2v) is 2.31. The molecule has 0 fully saturated rings. The Balaban J connectivity index is 3.47. The number of rotatable bonds is 3. The van der Waals surface area contributed by atoms with Gasteiger partial charge in [0.15, 0.2) is 0 Å². The SMILES string of the molecule is NCC(N)CC(N)(N)N. The molecule has 0 bridgehead atoms. The van der Waals surface area contributed by atoms with Gasteiger partial charge in [0.25, 0.3) is 0 Å². The molecule has 0 saturated carbocycles. The maximum atomic E-state index is 5.39. The van der Waals surface area contributed by atoms with E-state index in [0.29, 0.717) is 13.0 Å². The van der Waals surface area contributed by atoms with Gasteiger partial charge < -0.3 is 28.7 Å². The van der Waals surface area contributed by atoms with Gasteiger partial charge in [0.2, 0.25) is 0 Å². The lowest BCUT2D eigenvalue weighted by Crippen LogP contribution is -2.61. The average Bonchev–Trinajstić information content (AvgIpc) is 1.62. The maximum Gasteiger partial charge on any atom is 0.117 e. The van der Waals surface area contributed by atoms with Crippen LogP contribution in [0.5, 0.6) is 0 Å². The monoisotopic (exact) mass is 133 g/mol. The van der Waals surface area contributed by atoms with E-state index in [1.54, 1.807) is 0 Å². The van der Waals surface area contributed by atoms with Crippen LogP contribution in [-0.4, -0.2) is 18.4 Å². The van der Waals surface area contributed by atoms with Crippen LogP contribution >= 0.6 is 0 Å². The second kappa shape index (κ2) is 3.09. The molecule has 1 atom stereocenters. The van der Waals surface area contributed by atoms with Crippen LogP contribution in [0, 0.1) is 0 Å². The highest BCUT2D eigenvalue weighted by atomic mass is 15.1. The summed E-state index contributed by atoms with van der Waals surface area (Å²) in [6.07, 6.45) is 0.337. The maximum absolute atomic E-state index is 5.39. The van der Waals surface area contributed by atoms with Crippen LogP contribution in [-0.2, 0) is 0 Å². The molecule has 9 heavy (non-hydrogen) atoms. The molecule has 0 amide bonds. The van der Waals surface area contributed by atoms with E-state index in [1.165, 1.54) is 0 Å². The van der Waals surface area contributed by atoms with Gasteiger partial charge in [-0.3, -0.25) is 0 Å². The van der Waals surface area contributed by atoms with Gasteiger partial charge in [0.1, 0.15) is 5.79 Å². The van der Waals surface area contributed by atoms with E-state index in [1.807, 2.05) is 0 Å². The molecule has 5 heteroatoms. The molecular formula is C4H15N5. The van der Waals surface area contributed by atoms with Crippen molar-refractivity contribution in [3.05, 3.63) is 0 Å². The van der Waals surface area contributed by atoms with Crippen LogP contribution in [0.4, 0.5) is 0 Å². The Hall–Kier alpha value is -0.200. The Bertz CT molecular complexity index is 75.5. The highest BCUT2D eigenvalue weighted by molar-refractivity contribution is 4.75. The Labute approximate surface area is 54.5 Å². The van der Waals surface area contributed by atoms with Crippen molar-refractivity contribution < 1.29 is 0 Å². The van der Waals surface area contributed by atoms with Gasteiger partial charge in [-0.1, -0.05) is 0 Å². The summed E-state index contributed by atoms with van der Waals surface area (Å²) in [5, 5.41) is 0. The summed E-state index contributed by atoms with van der Waals surface area (Å²) >= 11 is 0. The first-order chi connectivity index (χ1) is 3.95. The Morgan fingerprint density at radius 3 is 1.78 bits per heavy atom. The zero-order chi connectivity index (χ0) is 7.49. The van der Waals surface area contributed by atoms with Crippen LogP contribution in [0.15, 0.2) is 0 Å². The van der Waals surface area contributed by atoms with Crippen LogP contribution in [0.25, 0.3) is 0 Å². The predicted octanol–water partition coefficient (Wildman–Crippen LogP) is -2.81. The summed E-state index contributed by atoms with van der Waals surface area (Å²) in [4.78, 5) is 0. The zero-order valence-electron chi connectivity index (χ0n) is 5.38. The summed E-state index contributed by atoms with van der Waals surface area (Å²) in [6, 6.07) is -0.204. The van der Waals surface area contributed by atoms with Gasteiger partial charge in [-0.05, 0) is 0 Å². The van der Waals surface area contributed by atoms with Crippen molar-refractivity contribution in [2.75, 3.05) is 6.54 Å². The summed E-state index contributed by atoms with van der Waals surface area (Å²) in [7, 11) is 0. The quantitative estimate of drug-likeness (QED) is 0.265. The van der Waals surface area contributed by atoms with Crippen LogP contribution in [0.1, 0.15) is 6.42 Å². The van der Waals surface area contributed by atoms with E-state index < -0.39 is 5.79 Å². The second-order valence-electron chi connectivity index (χ2n) is 2.31. The lowest BCUT2D eigenvalue weighted by molar-refractivity contribution is 0.385. The van der Waals surface area contributed by atoms with E-state index in [2.05, 4.69) is 0 Å². The molecule has 56 valence electrons. The smallest absolute Gasteiger partial charge is 0.117 e. The van der Waals surface area contributed by atoms with Crippen LogP contribution in [0.2, 0.25) is 0 Å². The molecule has 0 spiro atoms. The molecule has 0 aromatic heterocycles. The number of nitrogens with two attached hydrogens (primary N) is 5. The number of hydrogen-bond donors (Lipinski definition) is 5. The first kappa shape index (κ1) is 8.80. The summed E-state index contributed by atoms with van der Waals surface area (Å²) < 4.78 is 0. The highest BCUT2D eigenvalue weighted by Crippen LogP contribution is 1.91. The molecule has 0 aromatic carbocycles. The molecule has 0 radical (unpaired) electrons. The van der Waals surface area contributed by atoms with Gasteiger partial charge in [-0.15, -0.1) is 0 Å². The van der Waals surface area contributed by atoms with Crippen molar-refractivity contribution in [1.29, 1.82) is 0 Å². The standard InChI is InChI=1S/C4H15N5/c5-2-3(6)1-4(7,8)9/h3H,1-2,5-9H2. The molecule has 10 N–H and O–H groups in total. The average molecular weight is 133 g/mol. The molecular weight excluding hydrogens is 118 g/mol. The highest BCUT2D eigenvalue weighted by Gasteiger charge is 2.15. The van der Waals surface area contributed by atoms with Crippen molar-refractivity contribution in [2.24, 2.45) is 28.7 Å². The van der Waals surface area contributed by atoms with Gasteiger partial charge in [-0.2, -0.15) is 0 Å². The van der Waals surface area contributed by atoms with E-state index in [9.17, 15) is 0 Å². The number of hydrogen-bond acceptors (Lipinski definition) is 5. The van der Waals surface area contributed by atoms with Crippen LogP contribution in [0.3, 0.4) is 0 Å². The molecule has 0 rings (SSSR count). The summed E-state index contributed by atoms with van der Waals surface area (Å²) in [6.45, 7) is 0.355. The minimum absolute atomic E-state index is 0.204. The topological polar surface area (TPSA) is 130 Å². The third-order valence-corrected chi connectivity index (χ3v) is 0.918. The molecule has 0 saturated heterocycles.